The molecule has 3 nitrogen and oxygen atoms in total. The quantitative estimate of drug-likeness (QED) is 0.877. The number of carboxylic acids is 1. The highest BCUT2D eigenvalue weighted by Gasteiger charge is 2.52. The van der Waals surface area contributed by atoms with E-state index < -0.39 is 28.9 Å². The summed E-state index contributed by atoms with van der Waals surface area (Å²) in [4.78, 5) is 11.1. The largest absolute Gasteiger partial charge is 0.506 e. The van der Waals surface area contributed by atoms with Crippen LogP contribution in [0.15, 0.2) is 16.6 Å². The molecule has 0 unspecified atom stereocenters. The van der Waals surface area contributed by atoms with Crippen LogP contribution in [0.4, 0.5) is 13.2 Å². The van der Waals surface area contributed by atoms with Crippen molar-refractivity contribution in [1.29, 1.82) is 0 Å². The lowest BCUT2D eigenvalue weighted by molar-refractivity contribution is -0.141. The molecule has 1 fully saturated rings. The van der Waals surface area contributed by atoms with Crippen LogP contribution in [0.3, 0.4) is 0 Å². The first-order valence-electron chi connectivity index (χ1n) is 5.02. The highest BCUT2D eigenvalue weighted by molar-refractivity contribution is 9.10. The number of carboxylic acid groups (broad SMARTS) is 1. The van der Waals surface area contributed by atoms with Gasteiger partial charge in [0.1, 0.15) is 5.75 Å². The minimum absolute atomic E-state index is 0.0620. The Balaban J connectivity index is 2.59. The Labute approximate surface area is 108 Å². The van der Waals surface area contributed by atoms with Crippen molar-refractivity contribution < 1.29 is 28.2 Å². The summed E-state index contributed by atoms with van der Waals surface area (Å²) < 4.78 is 37.9. The lowest BCUT2D eigenvalue weighted by atomic mass is 9.94. The van der Waals surface area contributed by atoms with Crippen LogP contribution in [-0.2, 0) is 16.4 Å². The Morgan fingerprint density at radius 1 is 1.33 bits per heavy atom. The summed E-state index contributed by atoms with van der Waals surface area (Å²) in [5.41, 5.74) is -2.40. The van der Waals surface area contributed by atoms with Crippen LogP contribution in [0, 0.1) is 0 Å². The van der Waals surface area contributed by atoms with Gasteiger partial charge in [0.15, 0.2) is 0 Å². The molecule has 7 heteroatoms. The van der Waals surface area contributed by atoms with Crippen LogP contribution in [0.25, 0.3) is 0 Å². The van der Waals surface area contributed by atoms with E-state index in [0.717, 1.165) is 0 Å². The molecule has 98 valence electrons. The zero-order chi connectivity index (χ0) is 13.7. The second-order valence-electron chi connectivity index (χ2n) is 4.24. The van der Waals surface area contributed by atoms with Crippen molar-refractivity contribution >= 4 is 21.9 Å². The Morgan fingerprint density at radius 3 is 2.28 bits per heavy atom. The molecule has 0 atom stereocenters. The molecule has 0 radical (unpaired) electrons. The molecule has 0 aromatic heterocycles. The SMILES string of the molecule is O=C(O)C1(c2cc(Br)c(O)c(C(F)(F)F)c2)CC1. The minimum Gasteiger partial charge on any atom is -0.506 e. The average molecular weight is 325 g/mol. The third-order valence-corrected chi connectivity index (χ3v) is 3.69. The number of aromatic hydroxyl groups is 1. The first-order valence-corrected chi connectivity index (χ1v) is 5.81. The predicted molar refractivity (Wildman–Crippen MR) is 59.4 cm³/mol. The van der Waals surface area contributed by atoms with Gasteiger partial charge in [-0.15, -0.1) is 0 Å². The number of rotatable bonds is 2. The number of benzene rings is 1. The summed E-state index contributed by atoms with van der Waals surface area (Å²) in [5, 5.41) is 18.4. The van der Waals surface area contributed by atoms with Gasteiger partial charge < -0.3 is 10.2 Å². The Hall–Kier alpha value is -1.24. The topological polar surface area (TPSA) is 57.5 Å². The summed E-state index contributed by atoms with van der Waals surface area (Å²) >= 11 is 2.82. The zero-order valence-corrected chi connectivity index (χ0v) is 10.5. The van der Waals surface area contributed by atoms with E-state index in [1.807, 2.05) is 0 Å². The number of phenols is 1. The predicted octanol–water partition coefficient (Wildman–Crippen LogP) is 3.29. The van der Waals surface area contributed by atoms with Crippen molar-refractivity contribution in [1.82, 2.24) is 0 Å². The van der Waals surface area contributed by atoms with E-state index in [4.69, 9.17) is 5.11 Å². The van der Waals surface area contributed by atoms with E-state index in [0.29, 0.717) is 18.9 Å². The van der Waals surface area contributed by atoms with Crippen molar-refractivity contribution in [2.45, 2.75) is 24.4 Å². The number of carbonyl (C=O) groups is 1. The normalized spacial score (nSPS) is 17.6. The van der Waals surface area contributed by atoms with Gasteiger partial charge in [0, 0.05) is 0 Å². The molecule has 1 aromatic carbocycles. The van der Waals surface area contributed by atoms with Gasteiger partial charge >= 0.3 is 12.1 Å². The molecule has 1 saturated carbocycles. The molecular formula is C11H8BrF3O3. The third kappa shape index (κ3) is 1.96. The lowest BCUT2D eigenvalue weighted by Crippen LogP contribution is -2.20. The number of alkyl halides is 3. The van der Waals surface area contributed by atoms with Crippen molar-refractivity contribution in [2.75, 3.05) is 0 Å². The molecule has 1 aliphatic carbocycles. The van der Waals surface area contributed by atoms with E-state index in [1.54, 1.807) is 0 Å². The van der Waals surface area contributed by atoms with E-state index in [1.165, 1.54) is 6.07 Å². The Morgan fingerprint density at radius 2 is 1.89 bits per heavy atom. The fraction of sp³-hybridized carbons (Fsp3) is 0.364. The van der Waals surface area contributed by atoms with Crippen molar-refractivity contribution in [3.8, 4) is 5.75 Å². The van der Waals surface area contributed by atoms with Crippen LogP contribution in [0.2, 0.25) is 0 Å². The fourth-order valence-corrected chi connectivity index (χ4v) is 2.30. The molecule has 0 saturated heterocycles. The molecular weight excluding hydrogens is 317 g/mol. The molecule has 0 aliphatic heterocycles. The van der Waals surface area contributed by atoms with Gasteiger partial charge in [0.2, 0.25) is 0 Å². The summed E-state index contributed by atoms with van der Waals surface area (Å²) in [7, 11) is 0. The molecule has 1 aromatic rings. The number of hydrogen-bond donors (Lipinski definition) is 2. The molecule has 0 heterocycles. The molecule has 2 rings (SSSR count). The van der Waals surface area contributed by atoms with Crippen LogP contribution >= 0.6 is 15.9 Å². The number of hydrogen-bond acceptors (Lipinski definition) is 2. The molecule has 0 bridgehead atoms. The van der Waals surface area contributed by atoms with E-state index >= 15 is 0 Å². The van der Waals surface area contributed by atoms with Gasteiger partial charge in [0.05, 0.1) is 15.5 Å². The maximum atomic E-state index is 12.7. The highest BCUT2D eigenvalue weighted by atomic mass is 79.9. The average Bonchev–Trinajstić information content (AvgIpc) is 3.00. The number of phenolic OH excluding ortho intramolecular Hbond substituents is 1. The monoisotopic (exact) mass is 324 g/mol. The van der Waals surface area contributed by atoms with Gasteiger partial charge in [-0.05, 0) is 46.5 Å². The fourth-order valence-electron chi connectivity index (χ4n) is 1.84. The second kappa shape index (κ2) is 3.88. The van der Waals surface area contributed by atoms with Gasteiger partial charge in [0.25, 0.3) is 0 Å². The number of halogens is 4. The summed E-state index contributed by atoms with van der Waals surface area (Å²) in [6, 6.07) is 1.94. The third-order valence-electron chi connectivity index (χ3n) is 3.08. The van der Waals surface area contributed by atoms with Gasteiger partial charge in [-0.25, -0.2) is 0 Å². The van der Waals surface area contributed by atoms with Crippen LogP contribution in [0.1, 0.15) is 24.0 Å². The van der Waals surface area contributed by atoms with Crippen molar-refractivity contribution in [3.05, 3.63) is 27.7 Å². The summed E-state index contributed by atoms with van der Waals surface area (Å²) in [6.07, 6.45) is -4.12. The van der Waals surface area contributed by atoms with Crippen LogP contribution in [-0.4, -0.2) is 16.2 Å². The Kier molecular flexibility index (Phi) is 2.84. The lowest BCUT2D eigenvalue weighted by Gasteiger charge is -2.16. The zero-order valence-electron chi connectivity index (χ0n) is 8.88. The van der Waals surface area contributed by atoms with E-state index in [-0.39, 0.29) is 10.0 Å². The first-order chi connectivity index (χ1) is 8.18. The van der Waals surface area contributed by atoms with E-state index in [2.05, 4.69) is 15.9 Å². The minimum atomic E-state index is -4.73. The molecule has 0 amide bonds. The van der Waals surface area contributed by atoms with Crippen molar-refractivity contribution in [3.63, 3.8) is 0 Å². The van der Waals surface area contributed by atoms with Crippen molar-refractivity contribution in [2.24, 2.45) is 0 Å². The standard InChI is InChI=1S/C11H8BrF3O3/c12-7-4-5(10(1-2-10)9(17)18)3-6(8(7)16)11(13,14)15/h3-4,16H,1-2H2,(H,17,18). The van der Waals surface area contributed by atoms with Crippen LogP contribution in [0.5, 0.6) is 5.75 Å². The molecule has 18 heavy (non-hydrogen) atoms. The molecule has 0 spiro atoms. The second-order valence-corrected chi connectivity index (χ2v) is 5.09. The highest BCUT2D eigenvalue weighted by Crippen LogP contribution is 2.51. The summed E-state index contributed by atoms with van der Waals surface area (Å²) in [6.45, 7) is 0. The first kappa shape index (κ1) is 13.2. The van der Waals surface area contributed by atoms with Gasteiger partial charge in [-0.2, -0.15) is 13.2 Å². The molecule has 1 aliphatic rings. The maximum absolute atomic E-state index is 12.7. The maximum Gasteiger partial charge on any atom is 0.420 e. The van der Waals surface area contributed by atoms with E-state index in [9.17, 15) is 23.1 Å². The smallest absolute Gasteiger partial charge is 0.420 e. The molecule has 2 N–H and O–H groups in total. The summed E-state index contributed by atoms with van der Waals surface area (Å²) in [5.74, 6) is -2.07. The van der Waals surface area contributed by atoms with Gasteiger partial charge in [-0.1, -0.05) is 0 Å². The van der Waals surface area contributed by atoms with Crippen LogP contribution < -0.4 is 0 Å². The Bertz CT molecular complexity index is 521. The van der Waals surface area contributed by atoms with Gasteiger partial charge in [-0.3, -0.25) is 4.79 Å². The number of aliphatic carboxylic acids is 1.